The lowest BCUT2D eigenvalue weighted by molar-refractivity contribution is 0.0937. The molecule has 1 aromatic carbocycles. The summed E-state index contributed by atoms with van der Waals surface area (Å²) < 4.78 is 1.42. The molecule has 1 atom stereocenters. The second-order valence-electron chi connectivity index (χ2n) is 4.96. The second-order valence-corrected chi connectivity index (χ2v) is 4.96. The molecule has 1 aromatic heterocycles. The van der Waals surface area contributed by atoms with Crippen LogP contribution in [0.15, 0.2) is 53.5 Å². The average molecular weight is 285 g/mol. The summed E-state index contributed by atoms with van der Waals surface area (Å²) in [7, 11) is 1.64. The Morgan fingerprint density at radius 3 is 2.62 bits per heavy atom. The van der Waals surface area contributed by atoms with Crippen LogP contribution in [0.5, 0.6) is 0 Å². The Morgan fingerprint density at radius 1 is 1.29 bits per heavy atom. The lowest BCUT2D eigenvalue weighted by Crippen LogP contribution is -2.42. The molecule has 1 heterocycles. The molecule has 0 aliphatic heterocycles. The zero-order valence-corrected chi connectivity index (χ0v) is 12.0. The molecule has 1 amide bonds. The first-order valence-corrected chi connectivity index (χ1v) is 6.81. The molecule has 0 aliphatic rings. The molecule has 110 valence electrons. The van der Waals surface area contributed by atoms with Gasteiger partial charge in [-0.2, -0.15) is 0 Å². The average Bonchev–Trinajstić information content (AvgIpc) is 2.50. The Hall–Kier alpha value is -2.40. The van der Waals surface area contributed by atoms with E-state index in [0.717, 1.165) is 5.56 Å². The highest BCUT2D eigenvalue weighted by molar-refractivity contribution is 5.94. The standard InChI is InChI=1S/C16H19N3O2/c1-19-8-7-13(10-15(19)20)16(21)18-14(11-17)9-12-5-3-2-4-6-12/h2-8,10,14H,9,11,17H2,1H3,(H,18,21). The number of aromatic nitrogens is 1. The van der Waals surface area contributed by atoms with Crippen LogP contribution in [-0.4, -0.2) is 23.1 Å². The molecule has 0 spiro atoms. The summed E-state index contributed by atoms with van der Waals surface area (Å²) in [6.07, 6.45) is 2.24. The number of nitrogens with zero attached hydrogens (tertiary/aromatic N) is 1. The van der Waals surface area contributed by atoms with E-state index in [1.54, 1.807) is 19.3 Å². The normalized spacial score (nSPS) is 11.9. The van der Waals surface area contributed by atoms with Gasteiger partial charge in [0, 0.05) is 37.5 Å². The first-order chi connectivity index (χ1) is 10.1. The molecule has 0 aliphatic carbocycles. The lowest BCUT2D eigenvalue weighted by Gasteiger charge is -2.17. The van der Waals surface area contributed by atoms with Gasteiger partial charge in [0.2, 0.25) is 0 Å². The summed E-state index contributed by atoms with van der Waals surface area (Å²) in [4.78, 5) is 23.7. The van der Waals surface area contributed by atoms with Crippen molar-refractivity contribution in [1.29, 1.82) is 0 Å². The van der Waals surface area contributed by atoms with Crippen molar-refractivity contribution in [2.45, 2.75) is 12.5 Å². The van der Waals surface area contributed by atoms with Gasteiger partial charge in [-0.15, -0.1) is 0 Å². The molecule has 5 nitrogen and oxygen atoms in total. The molecular formula is C16H19N3O2. The van der Waals surface area contributed by atoms with Gasteiger partial charge in [-0.3, -0.25) is 9.59 Å². The van der Waals surface area contributed by atoms with Crippen molar-refractivity contribution in [3.8, 4) is 0 Å². The quantitative estimate of drug-likeness (QED) is 0.848. The first-order valence-electron chi connectivity index (χ1n) is 6.81. The largest absolute Gasteiger partial charge is 0.348 e. The SMILES string of the molecule is Cn1ccc(C(=O)NC(CN)Cc2ccccc2)cc1=O. The number of carbonyl (C=O) groups excluding carboxylic acids is 1. The van der Waals surface area contributed by atoms with E-state index < -0.39 is 0 Å². The number of nitrogens with two attached hydrogens (primary N) is 1. The number of hydrogen-bond donors (Lipinski definition) is 2. The number of pyridine rings is 1. The van der Waals surface area contributed by atoms with Crippen molar-refractivity contribution in [3.05, 3.63) is 70.1 Å². The zero-order chi connectivity index (χ0) is 15.2. The van der Waals surface area contributed by atoms with Crippen molar-refractivity contribution < 1.29 is 4.79 Å². The fraction of sp³-hybridized carbons (Fsp3) is 0.250. The van der Waals surface area contributed by atoms with Gasteiger partial charge in [-0.1, -0.05) is 30.3 Å². The summed E-state index contributed by atoms with van der Waals surface area (Å²) in [6.45, 7) is 0.339. The minimum Gasteiger partial charge on any atom is -0.348 e. The van der Waals surface area contributed by atoms with Gasteiger partial charge in [-0.05, 0) is 18.1 Å². The van der Waals surface area contributed by atoms with E-state index in [2.05, 4.69) is 5.32 Å². The molecular weight excluding hydrogens is 266 g/mol. The predicted octanol–water partition coefficient (Wildman–Crippen LogP) is 0.685. The zero-order valence-electron chi connectivity index (χ0n) is 12.0. The van der Waals surface area contributed by atoms with Gasteiger partial charge in [0.15, 0.2) is 0 Å². The minimum atomic E-state index is -0.279. The van der Waals surface area contributed by atoms with E-state index in [1.165, 1.54) is 10.6 Å². The Morgan fingerprint density at radius 2 is 2.00 bits per heavy atom. The molecule has 0 fully saturated rings. The van der Waals surface area contributed by atoms with Gasteiger partial charge in [0.05, 0.1) is 0 Å². The number of aryl methyl sites for hydroxylation is 1. The summed E-state index contributed by atoms with van der Waals surface area (Å²) in [5.74, 6) is -0.279. The van der Waals surface area contributed by atoms with Crippen LogP contribution in [0.3, 0.4) is 0 Å². The van der Waals surface area contributed by atoms with Crippen LogP contribution in [-0.2, 0) is 13.5 Å². The van der Waals surface area contributed by atoms with Crippen molar-refractivity contribution >= 4 is 5.91 Å². The van der Waals surface area contributed by atoms with Gasteiger partial charge >= 0.3 is 0 Å². The van der Waals surface area contributed by atoms with E-state index >= 15 is 0 Å². The number of benzene rings is 1. The van der Waals surface area contributed by atoms with Crippen molar-refractivity contribution in [2.75, 3.05) is 6.54 Å². The molecule has 0 saturated carbocycles. The molecule has 2 rings (SSSR count). The highest BCUT2D eigenvalue weighted by atomic mass is 16.2. The second kappa shape index (κ2) is 6.85. The molecule has 0 radical (unpaired) electrons. The van der Waals surface area contributed by atoms with Crippen LogP contribution >= 0.6 is 0 Å². The third kappa shape index (κ3) is 4.03. The fourth-order valence-electron chi connectivity index (χ4n) is 2.05. The van der Waals surface area contributed by atoms with Crippen molar-refractivity contribution in [3.63, 3.8) is 0 Å². The molecule has 5 heteroatoms. The van der Waals surface area contributed by atoms with Gasteiger partial charge in [-0.25, -0.2) is 0 Å². The third-order valence-corrected chi connectivity index (χ3v) is 3.31. The van der Waals surface area contributed by atoms with E-state index in [1.807, 2.05) is 30.3 Å². The fourth-order valence-corrected chi connectivity index (χ4v) is 2.05. The van der Waals surface area contributed by atoms with Crippen LogP contribution < -0.4 is 16.6 Å². The van der Waals surface area contributed by atoms with Crippen LogP contribution in [0.1, 0.15) is 15.9 Å². The van der Waals surface area contributed by atoms with Crippen LogP contribution in [0.25, 0.3) is 0 Å². The summed E-state index contributed by atoms with van der Waals surface area (Å²) in [6, 6.07) is 12.6. The molecule has 0 bridgehead atoms. The maximum Gasteiger partial charge on any atom is 0.251 e. The van der Waals surface area contributed by atoms with Crippen LogP contribution in [0, 0.1) is 0 Å². The van der Waals surface area contributed by atoms with Gasteiger partial charge in [0.25, 0.3) is 11.5 Å². The Bertz CT molecular complexity index is 665. The predicted molar refractivity (Wildman–Crippen MR) is 82.1 cm³/mol. The number of rotatable bonds is 5. The van der Waals surface area contributed by atoms with Crippen molar-refractivity contribution in [2.24, 2.45) is 12.8 Å². The summed E-state index contributed by atoms with van der Waals surface area (Å²) in [5.41, 5.74) is 6.97. The number of amides is 1. The Kier molecular flexibility index (Phi) is 4.90. The molecule has 0 saturated heterocycles. The lowest BCUT2D eigenvalue weighted by atomic mass is 10.1. The van der Waals surface area contributed by atoms with E-state index in [-0.39, 0.29) is 17.5 Å². The van der Waals surface area contributed by atoms with Crippen LogP contribution in [0.4, 0.5) is 0 Å². The highest BCUT2D eigenvalue weighted by Crippen LogP contribution is 2.03. The molecule has 3 N–H and O–H groups in total. The monoisotopic (exact) mass is 285 g/mol. The topological polar surface area (TPSA) is 77.1 Å². The maximum atomic E-state index is 12.2. The van der Waals surface area contributed by atoms with Gasteiger partial charge < -0.3 is 15.6 Å². The minimum absolute atomic E-state index is 0.163. The Labute approximate surface area is 123 Å². The molecule has 1 unspecified atom stereocenters. The molecule has 2 aromatic rings. The van der Waals surface area contributed by atoms with E-state index in [0.29, 0.717) is 18.5 Å². The van der Waals surface area contributed by atoms with Crippen molar-refractivity contribution in [1.82, 2.24) is 9.88 Å². The number of hydrogen-bond acceptors (Lipinski definition) is 3. The van der Waals surface area contributed by atoms with Crippen LogP contribution in [0.2, 0.25) is 0 Å². The highest BCUT2D eigenvalue weighted by Gasteiger charge is 2.13. The maximum absolute atomic E-state index is 12.2. The number of carbonyl (C=O) groups is 1. The first kappa shape index (κ1) is 15.0. The Balaban J connectivity index is 2.05. The van der Waals surface area contributed by atoms with Gasteiger partial charge in [0.1, 0.15) is 0 Å². The summed E-state index contributed by atoms with van der Waals surface area (Å²) >= 11 is 0. The van der Waals surface area contributed by atoms with E-state index in [9.17, 15) is 9.59 Å². The summed E-state index contributed by atoms with van der Waals surface area (Å²) in [5, 5.41) is 2.87. The molecule has 21 heavy (non-hydrogen) atoms. The third-order valence-electron chi connectivity index (χ3n) is 3.31. The number of nitrogens with one attached hydrogen (secondary N) is 1. The van der Waals surface area contributed by atoms with E-state index in [4.69, 9.17) is 5.73 Å². The smallest absolute Gasteiger partial charge is 0.251 e.